The maximum absolute atomic E-state index is 11.2. The van der Waals surface area contributed by atoms with E-state index >= 15 is 0 Å². The number of ether oxygens (including phenoxy) is 1. The van der Waals surface area contributed by atoms with E-state index in [0.717, 1.165) is 43.4 Å². The molecule has 2 aromatic heterocycles. The minimum absolute atomic E-state index is 0.00919. The monoisotopic (exact) mass is 383 g/mol. The minimum atomic E-state index is -0.415. The zero-order chi connectivity index (χ0) is 19.7. The lowest BCUT2D eigenvalue weighted by Gasteiger charge is -2.37. The number of aromatic nitrogens is 4. The quantitative estimate of drug-likeness (QED) is 0.487. The Balaban J connectivity index is 1.53. The summed E-state index contributed by atoms with van der Waals surface area (Å²) in [4.78, 5) is 23.8. The minimum Gasteiger partial charge on any atom is -0.487 e. The van der Waals surface area contributed by atoms with Gasteiger partial charge < -0.3 is 14.5 Å². The summed E-state index contributed by atoms with van der Waals surface area (Å²) in [5.41, 5.74) is 1.81. The normalized spacial score (nSPS) is 14.5. The molecule has 0 saturated carbocycles. The van der Waals surface area contributed by atoms with E-state index in [2.05, 4.69) is 24.9 Å². The summed E-state index contributed by atoms with van der Waals surface area (Å²) >= 11 is 0. The second kappa shape index (κ2) is 7.29. The van der Waals surface area contributed by atoms with Crippen molar-refractivity contribution in [3.63, 3.8) is 0 Å². The summed E-state index contributed by atoms with van der Waals surface area (Å²) in [5, 5.41) is 15.5. The van der Waals surface area contributed by atoms with E-state index in [4.69, 9.17) is 4.74 Å². The SMILES string of the molecule is CCOc1cc(N2CCN(c3cc(C)nc4ncnn34)CC2)ccc1[N+](=O)[O-]. The number of nitro benzene ring substituents is 1. The molecule has 0 unspecified atom stereocenters. The van der Waals surface area contributed by atoms with Gasteiger partial charge >= 0.3 is 5.69 Å². The molecule has 1 fully saturated rings. The fourth-order valence-corrected chi connectivity index (χ4v) is 3.45. The van der Waals surface area contributed by atoms with Gasteiger partial charge in [0.2, 0.25) is 0 Å². The van der Waals surface area contributed by atoms with Crippen LogP contribution in [0.5, 0.6) is 5.75 Å². The summed E-state index contributed by atoms with van der Waals surface area (Å²) < 4.78 is 7.22. The molecule has 146 valence electrons. The van der Waals surface area contributed by atoms with Crippen molar-refractivity contribution in [1.82, 2.24) is 19.6 Å². The fraction of sp³-hybridized carbons (Fsp3) is 0.389. The largest absolute Gasteiger partial charge is 0.487 e. The molecule has 1 aliphatic heterocycles. The van der Waals surface area contributed by atoms with Crippen molar-refractivity contribution in [2.45, 2.75) is 13.8 Å². The molecule has 1 aliphatic rings. The van der Waals surface area contributed by atoms with Gasteiger partial charge in [-0.05, 0) is 19.9 Å². The molecule has 3 heterocycles. The number of nitro groups is 1. The summed E-state index contributed by atoms with van der Waals surface area (Å²) in [7, 11) is 0. The zero-order valence-corrected chi connectivity index (χ0v) is 15.8. The van der Waals surface area contributed by atoms with Crippen LogP contribution in [0.2, 0.25) is 0 Å². The van der Waals surface area contributed by atoms with Crippen LogP contribution >= 0.6 is 0 Å². The molecule has 10 nitrogen and oxygen atoms in total. The number of piperazine rings is 1. The molecule has 10 heteroatoms. The number of rotatable bonds is 5. The van der Waals surface area contributed by atoms with E-state index in [1.54, 1.807) is 16.6 Å². The summed E-state index contributed by atoms with van der Waals surface area (Å²) in [5.74, 6) is 1.87. The number of fused-ring (bicyclic) bond motifs is 1. The van der Waals surface area contributed by atoms with Crippen LogP contribution in [0.4, 0.5) is 17.2 Å². The first kappa shape index (κ1) is 18.0. The molecule has 0 atom stereocenters. The molecule has 0 bridgehead atoms. The van der Waals surface area contributed by atoms with Gasteiger partial charge in [0.1, 0.15) is 12.1 Å². The van der Waals surface area contributed by atoms with Gasteiger partial charge in [-0.1, -0.05) is 0 Å². The average molecular weight is 383 g/mol. The third-order valence-electron chi connectivity index (χ3n) is 4.77. The molecule has 0 spiro atoms. The first-order chi connectivity index (χ1) is 13.6. The van der Waals surface area contributed by atoms with Crippen LogP contribution in [0.15, 0.2) is 30.6 Å². The molecule has 0 N–H and O–H groups in total. The average Bonchev–Trinajstić information content (AvgIpc) is 3.16. The van der Waals surface area contributed by atoms with Crippen molar-refractivity contribution in [3.05, 3.63) is 46.4 Å². The zero-order valence-electron chi connectivity index (χ0n) is 15.8. The van der Waals surface area contributed by atoms with E-state index in [1.165, 1.54) is 12.4 Å². The Morgan fingerprint density at radius 1 is 1.18 bits per heavy atom. The third kappa shape index (κ3) is 3.28. The van der Waals surface area contributed by atoms with Crippen LogP contribution in [0, 0.1) is 17.0 Å². The maximum atomic E-state index is 11.2. The molecule has 28 heavy (non-hydrogen) atoms. The van der Waals surface area contributed by atoms with E-state index in [1.807, 2.05) is 19.9 Å². The van der Waals surface area contributed by atoms with Gasteiger partial charge in [-0.15, -0.1) is 0 Å². The smallest absolute Gasteiger partial charge is 0.311 e. The number of benzene rings is 1. The highest BCUT2D eigenvalue weighted by Gasteiger charge is 2.23. The van der Waals surface area contributed by atoms with E-state index in [-0.39, 0.29) is 5.69 Å². The molecular formula is C18H21N7O3. The first-order valence-electron chi connectivity index (χ1n) is 9.15. The van der Waals surface area contributed by atoms with Gasteiger partial charge in [-0.2, -0.15) is 14.6 Å². The van der Waals surface area contributed by atoms with Gasteiger partial charge in [-0.25, -0.2) is 4.98 Å². The molecule has 0 amide bonds. The highest BCUT2D eigenvalue weighted by Crippen LogP contribution is 2.32. The summed E-state index contributed by atoms with van der Waals surface area (Å²) in [6.45, 7) is 7.28. The van der Waals surface area contributed by atoms with Crippen molar-refractivity contribution >= 4 is 23.0 Å². The van der Waals surface area contributed by atoms with Crippen molar-refractivity contribution < 1.29 is 9.66 Å². The number of hydrogen-bond donors (Lipinski definition) is 0. The molecule has 1 aromatic carbocycles. The lowest BCUT2D eigenvalue weighted by molar-refractivity contribution is -0.385. The van der Waals surface area contributed by atoms with Gasteiger partial charge in [-0.3, -0.25) is 10.1 Å². The van der Waals surface area contributed by atoms with Crippen molar-refractivity contribution in [3.8, 4) is 5.75 Å². The number of aryl methyl sites for hydroxylation is 1. The second-order valence-corrected chi connectivity index (χ2v) is 6.54. The second-order valence-electron chi connectivity index (χ2n) is 6.54. The number of hydrogen-bond acceptors (Lipinski definition) is 8. The van der Waals surface area contributed by atoms with Crippen LogP contribution in [0.3, 0.4) is 0 Å². The number of anilines is 2. The van der Waals surface area contributed by atoms with E-state index in [9.17, 15) is 10.1 Å². The lowest BCUT2D eigenvalue weighted by atomic mass is 10.2. The van der Waals surface area contributed by atoms with Crippen LogP contribution in [-0.2, 0) is 0 Å². The predicted molar refractivity (Wildman–Crippen MR) is 104 cm³/mol. The van der Waals surface area contributed by atoms with Gasteiger partial charge in [0.25, 0.3) is 5.78 Å². The Morgan fingerprint density at radius 2 is 1.93 bits per heavy atom. The van der Waals surface area contributed by atoms with Crippen LogP contribution in [0.1, 0.15) is 12.6 Å². The van der Waals surface area contributed by atoms with Gasteiger partial charge in [0, 0.05) is 55.8 Å². The van der Waals surface area contributed by atoms with Crippen LogP contribution < -0.4 is 14.5 Å². The lowest BCUT2D eigenvalue weighted by Crippen LogP contribution is -2.47. The molecule has 0 radical (unpaired) electrons. The topological polar surface area (TPSA) is 102 Å². The first-order valence-corrected chi connectivity index (χ1v) is 9.15. The molecule has 4 rings (SSSR count). The Kier molecular flexibility index (Phi) is 4.68. The van der Waals surface area contributed by atoms with Crippen molar-refractivity contribution in [2.75, 3.05) is 42.6 Å². The Morgan fingerprint density at radius 3 is 2.64 bits per heavy atom. The fourth-order valence-electron chi connectivity index (χ4n) is 3.45. The Hall–Kier alpha value is -3.43. The van der Waals surface area contributed by atoms with Crippen LogP contribution in [-0.4, -0.2) is 57.3 Å². The van der Waals surface area contributed by atoms with Crippen LogP contribution in [0.25, 0.3) is 5.78 Å². The van der Waals surface area contributed by atoms with Crippen molar-refractivity contribution in [2.24, 2.45) is 0 Å². The van der Waals surface area contributed by atoms with Crippen molar-refractivity contribution in [1.29, 1.82) is 0 Å². The number of nitrogens with zero attached hydrogens (tertiary/aromatic N) is 7. The molecule has 0 aliphatic carbocycles. The van der Waals surface area contributed by atoms with Gasteiger partial charge in [0.15, 0.2) is 5.75 Å². The standard InChI is InChI=1S/C18H21N7O3/c1-3-28-16-11-14(4-5-15(16)25(26)27)22-6-8-23(9-7-22)17-10-13(2)21-18-19-12-20-24(17)18/h4-5,10-12H,3,6-9H2,1-2H3. The third-order valence-corrected chi connectivity index (χ3v) is 4.77. The predicted octanol–water partition coefficient (Wildman–Crippen LogP) is 2.07. The Bertz CT molecular complexity index is 1010. The highest BCUT2D eigenvalue weighted by atomic mass is 16.6. The molecule has 3 aromatic rings. The maximum Gasteiger partial charge on any atom is 0.311 e. The molecule has 1 saturated heterocycles. The summed E-state index contributed by atoms with van der Waals surface area (Å²) in [6, 6.07) is 7.06. The molecular weight excluding hydrogens is 362 g/mol. The Labute approximate surface area is 161 Å². The van der Waals surface area contributed by atoms with Gasteiger partial charge in [0.05, 0.1) is 11.5 Å². The summed E-state index contributed by atoms with van der Waals surface area (Å²) in [6.07, 6.45) is 1.51. The highest BCUT2D eigenvalue weighted by molar-refractivity contribution is 5.60. The van der Waals surface area contributed by atoms with E-state index in [0.29, 0.717) is 18.1 Å². The van der Waals surface area contributed by atoms with E-state index < -0.39 is 4.92 Å².